The van der Waals surface area contributed by atoms with Crippen molar-refractivity contribution in [2.45, 2.75) is 24.2 Å². The zero-order chi connectivity index (χ0) is 17.7. The van der Waals surface area contributed by atoms with Crippen molar-refractivity contribution in [1.82, 2.24) is 0 Å². The van der Waals surface area contributed by atoms with Crippen LogP contribution in [0, 0.1) is 5.41 Å². The van der Waals surface area contributed by atoms with Gasteiger partial charge >= 0.3 is 0 Å². The minimum absolute atomic E-state index is 0.166. The zero-order valence-electron chi connectivity index (χ0n) is 14.0. The van der Waals surface area contributed by atoms with Gasteiger partial charge in [0.1, 0.15) is 0 Å². The van der Waals surface area contributed by atoms with Gasteiger partial charge in [0.25, 0.3) is 0 Å². The minimum atomic E-state index is -3.18. The second-order valence-corrected chi connectivity index (χ2v) is 9.46. The molecule has 0 N–H and O–H groups in total. The van der Waals surface area contributed by atoms with Gasteiger partial charge in [-0.1, -0.05) is 54.4 Å². The van der Waals surface area contributed by atoms with E-state index in [0.29, 0.717) is 4.90 Å². The number of benzene rings is 2. The molecule has 4 rings (SSSR count). The fourth-order valence-electron chi connectivity index (χ4n) is 3.63. The van der Waals surface area contributed by atoms with Crippen LogP contribution in [-0.2, 0) is 9.84 Å². The summed E-state index contributed by atoms with van der Waals surface area (Å²) in [5.74, 6) is 0. The van der Waals surface area contributed by atoms with Gasteiger partial charge in [0.2, 0.25) is 0 Å². The highest BCUT2D eigenvalue weighted by molar-refractivity contribution is 7.90. The maximum Gasteiger partial charge on any atom is 0.175 e. The molecule has 0 aliphatic heterocycles. The van der Waals surface area contributed by atoms with Gasteiger partial charge in [-0.05, 0) is 59.4 Å². The summed E-state index contributed by atoms with van der Waals surface area (Å²) in [5.41, 5.74) is 4.76. The topological polar surface area (TPSA) is 34.1 Å². The molecule has 1 spiro atoms. The van der Waals surface area contributed by atoms with Gasteiger partial charge in [-0.3, -0.25) is 0 Å². The fourth-order valence-corrected chi connectivity index (χ4v) is 4.39. The minimum Gasteiger partial charge on any atom is -0.224 e. The molecule has 25 heavy (non-hydrogen) atoms. The number of hydrogen-bond donors (Lipinski definition) is 0. The van der Waals surface area contributed by atoms with Gasteiger partial charge < -0.3 is 0 Å². The summed E-state index contributed by atoms with van der Waals surface area (Å²) in [4.78, 5) is 0.352. The van der Waals surface area contributed by atoms with Gasteiger partial charge in [-0.25, -0.2) is 8.42 Å². The molecule has 2 nitrogen and oxygen atoms in total. The molecule has 4 heteroatoms. The fraction of sp³-hybridized carbons (Fsp3) is 0.238. The predicted octanol–water partition coefficient (Wildman–Crippen LogP) is 5.39. The lowest BCUT2D eigenvalue weighted by Gasteiger charge is -2.34. The Hall–Kier alpha value is -1.84. The van der Waals surface area contributed by atoms with Crippen molar-refractivity contribution in [3.8, 4) is 0 Å². The largest absolute Gasteiger partial charge is 0.224 e. The third-order valence-electron chi connectivity index (χ3n) is 5.19. The first-order chi connectivity index (χ1) is 11.9. The number of rotatable bonds is 3. The van der Waals surface area contributed by atoms with Crippen molar-refractivity contribution in [3.05, 3.63) is 76.8 Å². The number of hydrogen-bond acceptors (Lipinski definition) is 2. The van der Waals surface area contributed by atoms with E-state index in [4.69, 9.17) is 11.6 Å². The predicted molar refractivity (Wildman–Crippen MR) is 103 cm³/mol. The summed E-state index contributed by atoms with van der Waals surface area (Å²) in [6, 6.07) is 15.1. The number of sulfone groups is 1. The van der Waals surface area contributed by atoms with Crippen LogP contribution in [0.3, 0.4) is 0 Å². The van der Waals surface area contributed by atoms with Crippen LogP contribution < -0.4 is 0 Å². The maximum atomic E-state index is 11.7. The van der Waals surface area contributed by atoms with Crippen LogP contribution in [0.4, 0.5) is 0 Å². The standard InChI is InChI=1S/C21H19ClO2S/c1-25(23,24)18-9-5-16(6-10-18)20-14-21(11-2-12-21)13-19(20)15-3-7-17(22)8-4-15/h3-10,13-14H,2,11-12H2,1H3. The first kappa shape index (κ1) is 16.6. The monoisotopic (exact) mass is 370 g/mol. The summed E-state index contributed by atoms with van der Waals surface area (Å²) in [7, 11) is -3.18. The molecule has 0 atom stereocenters. The summed E-state index contributed by atoms with van der Waals surface area (Å²) in [6.07, 6.45) is 9.57. The molecule has 0 aromatic heterocycles. The Morgan fingerprint density at radius 3 is 1.72 bits per heavy atom. The summed E-state index contributed by atoms with van der Waals surface area (Å²) >= 11 is 6.04. The molecule has 1 saturated carbocycles. The summed E-state index contributed by atoms with van der Waals surface area (Å²) in [5, 5.41) is 0.726. The van der Waals surface area contributed by atoms with E-state index in [1.807, 2.05) is 36.4 Å². The molecular weight excluding hydrogens is 352 g/mol. The first-order valence-electron chi connectivity index (χ1n) is 8.39. The van der Waals surface area contributed by atoms with Crippen LogP contribution in [0.25, 0.3) is 11.1 Å². The number of allylic oxidation sites excluding steroid dienone is 4. The highest BCUT2D eigenvalue weighted by atomic mass is 35.5. The molecule has 2 aliphatic rings. The molecule has 128 valence electrons. The lowest BCUT2D eigenvalue weighted by molar-refractivity contribution is 0.282. The Kier molecular flexibility index (Phi) is 3.89. The molecule has 0 saturated heterocycles. The molecule has 0 radical (unpaired) electrons. The number of halogens is 1. The molecular formula is C21H19ClO2S. The molecule has 2 aromatic rings. The molecule has 0 bridgehead atoms. The normalized spacial score (nSPS) is 18.6. The molecule has 0 heterocycles. The average molecular weight is 371 g/mol. The van der Waals surface area contributed by atoms with Crippen molar-refractivity contribution in [3.63, 3.8) is 0 Å². The zero-order valence-corrected chi connectivity index (χ0v) is 15.6. The molecule has 1 fully saturated rings. The molecule has 2 aromatic carbocycles. The van der Waals surface area contributed by atoms with E-state index in [-0.39, 0.29) is 5.41 Å². The van der Waals surface area contributed by atoms with Crippen LogP contribution in [0.15, 0.2) is 65.6 Å². The third-order valence-corrected chi connectivity index (χ3v) is 6.57. The van der Waals surface area contributed by atoms with Gasteiger partial charge in [0.05, 0.1) is 4.90 Å². The van der Waals surface area contributed by atoms with E-state index in [9.17, 15) is 8.42 Å². The van der Waals surface area contributed by atoms with Gasteiger partial charge in [0.15, 0.2) is 9.84 Å². The Labute approximate surface area is 153 Å². The van der Waals surface area contributed by atoms with E-state index in [1.54, 1.807) is 12.1 Å². The van der Waals surface area contributed by atoms with Crippen LogP contribution in [-0.4, -0.2) is 14.7 Å². The second kappa shape index (κ2) is 5.86. The Morgan fingerprint density at radius 2 is 1.32 bits per heavy atom. The Bertz CT molecular complexity index is 977. The van der Waals surface area contributed by atoms with E-state index < -0.39 is 9.84 Å². The van der Waals surface area contributed by atoms with Crippen LogP contribution in [0.2, 0.25) is 5.02 Å². The SMILES string of the molecule is CS(=O)(=O)c1ccc(C2=CC3(C=C2c2ccc(Cl)cc2)CCC3)cc1. The van der Waals surface area contributed by atoms with E-state index >= 15 is 0 Å². The Balaban J connectivity index is 1.77. The van der Waals surface area contributed by atoms with Crippen molar-refractivity contribution >= 4 is 32.6 Å². The summed E-state index contributed by atoms with van der Waals surface area (Å²) in [6.45, 7) is 0. The van der Waals surface area contributed by atoms with Crippen molar-refractivity contribution < 1.29 is 8.42 Å². The second-order valence-electron chi connectivity index (χ2n) is 7.01. The molecule has 2 aliphatic carbocycles. The Morgan fingerprint density at radius 1 is 0.840 bits per heavy atom. The van der Waals surface area contributed by atoms with Crippen molar-refractivity contribution in [2.75, 3.05) is 6.26 Å². The van der Waals surface area contributed by atoms with Gasteiger partial charge in [-0.15, -0.1) is 0 Å². The maximum absolute atomic E-state index is 11.7. The van der Waals surface area contributed by atoms with Crippen molar-refractivity contribution in [1.29, 1.82) is 0 Å². The molecule has 0 amide bonds. The van der Waals surface area contributed by atoms with Gasteiger partial charge in [-0.2, -0.15) is 0 Å². The lowest BCUT2D eigenvalue weighted by atomic mass is 9.70. The smallest absolute Gasteiger partial charge is 0.175 e. The first-order valence-corrected chi connectivity index (χ1v) is 10.7. The van der Waals surface area contributed by atoms with Gasteiger partial charge in [0, 0.05) is 16.7 Å². The highest BCUT2D eigenvalue weighted by Crippen LogP contribution is 2.53. The third kappa shape index (κ3) is 3.07. The van der Waals surface area contributed by atoms with Crippen LogP contribution >= 0.6 is 11.6 Å². The highest BCUT2D eigenvalue weighted by Gasteiger charge is 2.38. The average Bonchev–Trinajstić information content (AvgIpc) is 2.96. The summed E-state index contributed by atoms with van der Waals surface area (Å²) < 4.78 is 23.4. The van der Waals surface area contributed by atoms with E-state index in [1.165, 1.54) is 36.7 Å². The van der Waals surface area contributed by atoms with E-state index in [2.05, 4.69) is 12.2 Å². The lowest BCUT2D eigenvalue weighted by Crippen LogP contribution is -2.22. The van der Waals surface area contributed by atoms with E-state index in [0.717, 1.165) is 16.1 Å². The molecule has 0 unspecified atom stereocenters. The quantitative estimate of drug-likeness (QED) is 0.725. The van der Waals surface area contributed by atoms with Crippen LogP contribution in [0.1, 0.15) is 30.4 Å². The van der Waals surface area contributed by atoms with Crippen LogP contribution in [0.5, 0.6) is 0 Å². The van der Waals surface area contributed by atoms with Crippen molar-refractivity contribution in [2.24, 2.45) is 5.41 Å².